The Balaban J connectivity index is 2.83. The van der Waals surface area contributed by atoms with Crippen LogP contribution in [0.3, 0.4) is 0 Å². The molecule has 1 aromatic heterocycles. The number of pyridine rings is 1. The Morgan fingerprint density at radius 3 is 2.69 bits per heavy atom. The third-order valence-electron chi connectivity index (χ3n) is 1.55. The van der Waals surface area contributed by atoms with Gasteiger partial charge in [-0.3, -0.25) is 0 Å². The largest absolute Gasteiger partial charge is 0.478 e. The van der Waals surface area contributed by atoms with Gasteiger partial charge in [0.2, 0.25) is 5.88 Å². The van der Waals surface area contributed by atoms with Crippen LogP contribution in [0.5, 0.6) is 5.88 Å². The standard InChI is InChI=1S/C12H15NO3/c1-12(2,3)16-10-6-4-5-9(13-10)7-8-11(14)15/h4-8H,1-3H3,(H,14,15)/b8-7+. The molecule has 0 radical (unpaired) electrons. The highest BCUT2D eigenvalue weighted by molar-refractivity contribution is 5.84. The summed E-state index contributed by atoms with van der Waals surface area (Å²) in [6, 6.07) is 5.23. The fourth-order valence-electron chi connectivity index (χ4n) is 1.05. The summed E-state index contributed by atoms with van der Waals surface area (Å²) in [7, 11) is 0. The molecule has 0 unspecified atom stereocenters. The molecule has 1 aromatic rings. The Hall–Kier alpha value is -1.84. The zero-order valence-corrected chi connectivity index (χ0v) is 9.60. The Kier molecular flexibility index (Phi) is 3.66. The first-order chi connectivity index (χ1) is 7.37. The molecule has 0 saturated heterocycles. The molecule has 0 spiro atoms. The molecule has 0 saturated carbocycles. The molecular weight excluding hydrogens is 206 g/mol. The van der Waals surface area contributed by atoms with E-state index >= 15 is 0 Å². The summed E-state index contributed by atoms with van der Waals surface area (Å²) in [4.78, 5) is 14.5. The van der Waals surface area contributed by atoms with Crippen LogP contribution in [-0.2, 0) is 4.79 Å². The number of aromatic nitrogens is 1. The van der Waals surface area contributed by atoms with E-state index in [2.05, 4.69) is 4.98 Å². The van der Waals surface area contributed by atoms with Gasteiger partial charge in [0.05, 0.1) is 5.69 Å². The van der Waals surface area contributed by atoms with Crippen LogP contribution in [0.1, 0.15) is 26.5 Å². The molecular formula is C12H15NO3. The van der Waals surface area contributed by atoms with Crippen molar-refractivity contribution in [3.8, 4) is 5.88 Å². The van der Waals surface area contributed by atoms with Gasteiger partial charge in [-0.2, -0.15) is 0 Å². The molecule has 16 heavy (non-hydrogen) atoms. The summed E-state index contributed by atoms with van der Waals surface area (Å²) in [5.41, 5.74) is 0.242. The highest BCUT2D eigenvalue weighted by Crippen LogP contribution is 2.15. The second kappa shape index (κ2) is 4.79. The van der Waals surface area contributed by atoms with Gasteiger partial charge < -0.3 is 9.84 Å². The predicted molar refractivity (Wildman–Crippen MR) is 61.3 cm³/mol. The Labute approximate surface area is 94.6 Å². The molecule has 1 N–H and O–H groups in total. The average Bonchev–Trinajstić information content (AvgIpc) is 2.12. The van der Waals surface area contributed by atoms with Crippen molar-refractivity contribution in [1.82, 2.24) is 4.98 Å². The van der Waals surface area contributed by atoms with Gasteiger partial charge in [0, 0.05) is 12.1 Å². The molecule has 0 aliphatic carbocycles. The average molecular weight is 221 g/mol. The maximum absolute atomic E-state index is 10.3. The van der Waals surface area contributed by atoms with E-state index in [-0.39, 0.29) is 5.60 Å². The maximum Gasteiger partial charge on any atom is 0.328 e. The maximum atomic E-state index is 10.3. The zero-order chi connectivity index (χ0) is 12.2. The monoisotopic (exact) mass is 221 g/mol. The van der Waals surface area contributed by atoms with Crippen molar-refractivity contribution in [1.29, 1.82) is 0 Å². The van der Waals surface area contributed by atoms with Crippen LogP contribution in [0, 0.1) is 0 Å². The van der Waals surface area contributed by atoms with Gasteiger partial charge in [0.1, 0.15) is 5.60 Å². The number of rotatable bonds is 3. The molecule has 0 fully saturated rings. The molecule has 0 aliphatic rings. The van der Waals surface area contributed by atoms with Gasteiger partial charge >= 0.3 is 5.97 Å². The van der Waals surface area contributed by atoms with Gasteiger partial charge in [-0.1, -0.05) is 6.07 Å². The predicted octanol–water partition coefficient (Wildman–Crippen LogP) is 2.36. The molecule has 1 heterocycles. The minimum absolute atomic E-state index is 0.317. The first kappa shape index (κ1) is 12.2. The highest BCUT2D eigenvalue weighted by atomic mass is 16.5. The van der Waals surface area contributed by atoms with Crippen molar-refractivity contribution < 1.29 is 14.6 Å². The van der Waals surface area contributed by atoms with Gasteiger partial charge in [-0.25, -0.2) is 9.78 Å². The van der Waals surface area contributed by atoms with E-state index in [1.165, 1.54) is 6.08 Å². The smallest absolute Gasteiger partial charge is 0.328 e. The van der Waals surface area contributed by atoms with Crippen molar-refractivity contribution in [3.05, 3.63) is 30.0 Å². The van der Waals surface area contributed by atoms with E-state index in [0.29, 0.717) is 11.6 Å². The molecule has 4 nitrogen and oxygen atoms in total. The summed E-state index contributed by atoms with van der Waals surface area (Å²) >= 11 is 0. The summed E-state index contributed by atoms with van der Waals surface area (Å²) in [5.74, 6) is -0.510. The van der Waals surface area contributed by atoms with Crippen molar-refractivity contribution in [2.45, 2.75) is 26.4 Å². The zero-order valence-electron chi connectivity index (χ0n) is 9.60. The number of hydrogen-bond donors (Lipinski definition) is 1. The molecule has 4 heteroatoms. The topological polar surface area (TPSA) is 59.4 Å². The molecule has 0 aliphatic heterocycles. The first-order valence-electron chi connectivity index (χ1n) is 4.94. The summed E-state index contributed by atoms with van der Waals surface area (Å²) < 4.78 is 5.56. The van der Waals surface area contributed by atoms with Crippen LogP contribution in [0.25, 0.3) is 6.08 Å². The molecule has 0 atom stereocenters. The highest BCUT2D eigenvalue weighted by Gasteiger charge is 2.12. The van der Waals surface area contributed by atoms with E-state index in [1.54, 1.807) is 18.2 Å². The molecule has 0 aromatic carbocycles. The lowest BCUT2D eigenvalue weighted by molar-refractivity contribution is -0.131. The lowest BCUT2D eigenvalue weighted by Crippen LogP contribution is -2.23. The van der Waals surface area contributed by atoms with Gasteiger partial charge in [0.15, 0.2) is 0 Å². The number of carboxylic acids is 1. The number of carboxylic acid groups (broad SMARTS) is 1. The number of ether oxygens (including phenoxy) is 1. The lowest BCUT2D eigenvalue weighted by Gasteiger charge is -2.20. The normalized spacial score (nSPS) is 11.7. The summed E-state index contributed by atoms with van der Waals surface area (Å²) in [6.07, 6.45) is 2.47. The minimum atomic E-state index is -0.996. The number of nitrogens with zero attached hydrogens (tertiary/aromatic N) is 1. The SMILES string of the molecule is CC(C)(C)Oc1cccc(/C=C/C(=O)O)n1. The van der Waals surface area contributed by atoms with Crippen LogP contribution in [0.2, 0.25) is 0 Å². The first-order valence-corrected chi connectivity index (χ1v) is 4.94. The summed E-state index contributed by atoms with van der Waals surface area (Å²) in [5, 5.41) is 8.48. The lowest BCUT2D eigenvalue weighted by atomic mass is 10.2. The molecule has 0 amide bonds. The molecule has 86 valence electrons. The van der Waals surface area contributed by atoms with Crippen LogP contribution >= 0.6 is 0 Å². The van der Waals surface area contributed by atoms with E-state index in [0.717, 1.165) is 6.08 Å². The fourth-order valence-corrected chi connectivity index (χ4v) is 1.05. The third-order valence-corrected chi connectivity index (χ3v) is 1.55. The Morgan fingerprint density at radius 1 is 1.44 bits per heavy atom. The Morgan fingerprint density at radius 2 is 2.12 bits per heavy atom. The second-order valence-corrected chi connectivity index (χ2v) is 4.29. The summed E-state index contributed by atoms with van der Waals surface area (Å²) in [6.45, 7) is 5.78. The minimum Gasteiger partial charge on any atom is -0.478 e. The van der Waals surface area contributed by atoms with E-state index in [4.69, 9.17) is 9.84 Å². The molecule has 1 rings (SSSR count). The third kappa shape index (κ3) is 4.59. The number of aliphatic carboxylic acids is 1. The van der Waals surface area contributed by atoms with E-state index in [9.17, 15) is 4.79 Å². The fraction of sp³-hybridized carbons (Fsp3) is 0.333. The van der Waals surface area contributed by atoms with Gasteiger partial charge in [-0.15, -0.1) is 0 Å². The van der Waals surface area contributed by atoms with Crippen molar-refractivity contribution in [2.24, 2.45) is 0 Å². The quantitative estimate of drug-likeness (QED) is 0.796. The van der Waals surface area contributed by atoms with E-state index in [1.807, 2.05) is 20.8 Å². The van der Waals surface area contributed by atoms with Crippen LogP contribution in [0.4, 0.5) is 0 Å². The Bertz CT molecular complexity index is 405. The van der Waals surface area contributed by atoms with Crippen molar-refractivity contribution in [3.63, 3.8) is 0 Å². The van der Waals surface area contributed by atoms with E-state index < -0.39 is 5.97 Å². The molecule has 0 bridgehead atoms. The number of carbonyl (C=O) groups is 1. The second-order valence-electron chi connectivity index (χ2n) is 4.29. The number of hydrogen-bond acceptors (Lipinski definition) is 3. The van der Waals surface area contributed by atoms with Crippen molar-refractivity contribution in [2.75, 3.05) is 0 Å². The van der Waals surface area contributed by atoms with Gasteiger partial charge in [0.25, 0.3) is 0 Å². The van der Waals surface area contributed by atoms with Crippen LogP contribution < -0.4 is 4.74 Å². The van der Waals surface area contributed by atoms with Crippen molar-refractivity contribution >= 4 is 12.0 Å². The van der Waals surface area contributed by atoms with Crippen LogP contribution in [0.15, 0.2) is 24.3 Å². The van der Waals surface area contributed by atoms with Crippen LogP contribution in [-0.4, -0.2) is 21.7 Å². The van der Waals surface area contributed by atoms with Gasteiger partial charge in [-0.05, 0) is 32.9 Å².